The molecule has 0 saturated carbocycles. The van der Waals surface area contributed by atoms with Crippen molar-refractivity contribution in [3.63, 3.8) is 0 Å². The van der Waals surface area contributed by atoms with Crippen LogP contribution in [0, 0.1) is 10.1 Å². The van der Waals surface area contributed by atoms with Gasteiger partial charge in [-0.1, -0.05) is 35.0 Å². The fourth-order valence-electron chi connectivity index (χ4n) is 1.32. The number of nitro groups is 1. The van der Waals surface area contributed by atoms with Crippen molar-refractivity contribution in [1.82, 2.24) is 10.4 Å². The lowest BCUT2D eigenvalue weighted by atomic mass is 10.5. The summed E-state index contributed by atoms with van der Waals surface area (Å²) < 4.78 is 4.84. The maximum Gasteiger partial charge on any atom is 0.433 e. The third-order valence-corrected chi connectivity index (χ3v) is 3.94. The summed E-state index contributed by atoms with van der Waals surface area (Å²) in [4.78, 5) is 25.4. The lowest BCUT2D eigenvalue weighted by Crippen LogP contribution is -2.19. The fourth-order valence-corrected chi connectivity index (χ4v) is 2.32. The van der Waals surface area contributed by atoms with Crippen LogP contribution in [-0.4, -0.2) is 27.8 Å². The van der Waals surface area contributed by atoms with E-state index in [-0.39, 0.29) is 17.4 Å². The van der Waals surface area contributed by atoms with E-state index in [1.165, 1.54) is 18.3 Å². The summed E-state index contributed by atoms with van der Waals surface area (Å²) in [6.07, 6.45) is 2.55. The molecule has 0 aromatic carbocycles. The molecule has 0 unspecified atom stereocenters. The zero-order valence-corrected chi connectivity index (χ0v) is 13.6. The minimum Gasteiger partial charge on any atom is -0.400 e. The van der Waals surface area contributed by atoms with Gasteiger partial charge in [0.25, 0.3) is 0 Å². The second kappa shape index (κ2) is 7.95. The van der Waals surface area contributed by atoms with Gasteiger partial charge in [0.1, 0.15) is 4.92 Å². The molecule has 2 rings (SSSR count). The maximum atomic E-state index is 11.6. The second-order valence-corrected chi connectivity index (χ2v) is 5.76. The van der Waals surface area contributed by atoms with Gasteiger partial charge in [-0.2, -0.15) is 5.10 Å². The molecule has 0 aliphatic carbocycles. The van der Waals surface area contributed by atoms with Crippen molar-refractivity contribution < 1.29 is 14.1 Å². The van der Waals surface area contributed by atoms with E-state index in [0.717, 1.165) is 18.0 Å². The summed E-state index contributed by atoms with van der Waals surface area (Å²) in [6.45, 7) is 0. The van der Waals surface area contributed by atoms with E-state index >= 15 is 0 Å². The van der Waals surface area contributed by atoms with Crippen molar-refractivity contribution >= 4 is 53.0 Å². The lowest BCUT2D eigenvalue weighted by Gasteiger charge is -2.01. The van der Waals surface area contributed by atoms with E-state index in [2.05, 4.69) is 15.5 Å². The number of carbonyl (C=O) groups is 1. The number of hydrogen-bond donors (Lipinski definition) is 1. The number of thioether (sulfide) groups is 1. The standard InChI is InChI=1S/C12H8Cl2N4O4S/c13-8-3-11(15-5-9(8)14)23-6-10(19)17-16-4-7-1-2-12(22-7)18(20)21/h1-5H,6H2,(H,17,19)/b16-4+. The average Bonchev–Trinajstić information content (AvgIpc) is 2.97. The van der Waals surface area contributed by atoms with Crippen LogP contribution in [0.2, 0.25) is 10.0 Å². The third kappa shape index (κ3) is 5.23. The van der Waals surface area contributed by atoms with Gasteiger partial charge in [-0.3, -0.25) is 14.9 Å². The van der Waals surface area contributed by atoms with Crippen LogP contribution < -0.4 is 5.43 Å². The molecule has 11 heteroatoms. The van der Waals surface area contributed by atoms with Crippen LogP contribution in [0.4, 0.5) is 5.88 Å². The zero-order chi connectivity index (χ0) is 16.8. The molecule has 0 atom stereocenters. The predicted octanol–water partition coefficient (Wildman–Crippen LogP) is 3.13. The van der Waals surface area contributed by atoms with Crippen molar-refractivity contribution in [3.05, 3.63) is 50.3 Å². The largest absolute Gasteiger partial charge is 0.433 e. The Morgan fingerprint density at radius 2 is 2.26 bits per heavy atom. The summed E-state index contributed by atoms with van der Waals surface area (Å²) in [5.74, 6) is -0.587. The molecule has 2 aromatic rings. The van der Waals surface area contributed by atoms with Crippen molar-refractivity contribution in [2.45, 2.75) is 5.03 Å². The highest BCUT2D eigenvalue weighted by atomic mass is 35.5. The van der Waals surface area contributed by atoms with Crippen LogP contribution >= 0.6 is 35.0 Å². The highest BCUT2D eigenvalue weighted by Crippen LogP contribution is 2.25. The number of halogens is 2. The number of pyridine rings is 1. The predicted molar refractivity (Wildman–Crippen MR) is 86.1 cm³/mol. The molecule has 0 bridgehead atoms. The topological polar surface area (TPSA) is 111 Å². The third-order valence-electron chi connectivity index (χ3n) is 2.31. The average molecular weight is 375 g/mol. The minimum atomic E-state index is -0.670. The zero-order valence-electron chi connectivity index (χ0n) is 11.2. The molecule has 120 valence electrons. The Morgan fingerprint density at radius 3 is 2.91 bits per heavy atom. The van der Waals surface area contributed by atoms with Crippen LogP contribution in [0.5, 0.6) is 0 Å². The highest BCUT2D eigenvalue weighted by Gasteiger charge is 2.10. The molecule has 1 N–H and O–H groups in total. The number of hydrogen-bond acceptors (Lipinski definition) is 7. The Morgan fingerprint density at radius 1 is 1.48 bits per heavy atom. The van der Waals surface area contributed by atoms with Crippen LogP contribution in [0.25, 0.3) is 0 Å². The summed E-state index contributed by atoms with van der Waals surface area (Å²) in [5, 5.41) is 15.3. The minimum absolute atomic E-state index is 0.0562. The number of carbonyl (C=O) groups excluding carboxylic acids is 1. The van der Waals surface area contributed by atoms with Gasteiger partial charge in [0.15, 0.2) is 5.76 Å². The second-order valence-electron chi connectivity index (χ2n) is 3.95. The smallest absolute Gasteiger partial charge is 0.400 e. The lowest BCUT2D eigenvalue weighted by molar-refractivity contribution is -0.402. The van der Waals surface area contributed by atoms with E-state index in [1.807, 2.05) is 0 Å². The molecule has 1 amide bonds. The van der Waals surface area contributed by atoms with Gasteiger partial charge in [-0.25, -0.2) is 10.4 Å². The number of hydrazone groups is 1. The Hall–Kier alpha value is -2.10. The van der Waals surface area contributed by atoms with Crippen LogP contribution in [0.1, 0.15) is 5.76 Å². The first kappa shape index (κ1) is 17.3. The SMILES string of the molecule is O=C(CSc1cc(Cl)c(Cl)cn1)N/N=C/c1ccc([N+](=O)[O-])o1. The molecule has 0 aliphatic heterocycles. The molecular formula is C12H8Cl2N4O4S. The Bertz CT molecular complexity index is 765. The molecule has 0 saturated heterocycles. The number of furan rings is 1. The van der Waals surface area contributed by atoms with E-state index in [9.17, 15) is 14.9 Å². The monoisotopic (exact) mass is 374 g/mol. The molecule has 0 spiro atoms. The number of amides is 1. The van der Waals surface area contributed by atoms with Crippen molar-refractivity contribution in [3.8, 4) is 0 Å². The quantitative estimate of drug-likeness (QED) is 0.359. The number of aromatic nitrogens is 1. The summed E-state index contributed by atoms with van der Waals surface area (Å²) in [6, 6.07) is 4.10. The molecule has 2 aromatic heterocycles. The van der Waals surface area contributed by atoms with Gasteiger partial charge in [0.2, 0.25) is 5.91 Å². The molecule has 2 heterocycles. The van der Waals surface area contributed by atoms with Gasteiger partial charge in [0.05, 0.1) is 33.1 Å². The molecule has 0 fully saturated rings. The Kier molecular flexibility index (Phi) is 5.97. The van der Waals surface area contributed by atoms with E-state index in [4.69, 9.17) is 27.6 Å². The summed E-state index contributed by atoms with van der Waals surface area (Å²) in [5.41, 5.74) is 2.26. The molecule has 0 aliphatic rings. The fraction of sp³-hybridized carbons (Fsp3) is 0.0833. The van der Waals surface area contributed by atoms with E-state index < -0.39 is 10.8 Å². The van der Waals surface area contributed by atoms with Crippen LogP contribution in [0.15, 0.2) is 38.9 Å². The Labute approximate surface area is 144 Å². The van der Waals surface area contributed by atoms with Crippen molar-refractivity contribution in [2.75, 3.05) is 5.75 Å². The Balaban J connectivity index is 1.81. The number of nitrogens with one attached hydrogen (secondary N) is 1. The van der Waals surface area contributed by atoms with Gasteiger partial charge in [-0.15, -0.1) is 0 Å². The van der Waals surface area contributed by atoms with Gasteiger partial charge < -0.3 is 4.42 Å². The molecule has 23 heavy (non-hydrogen) atoms. The summed E-state index contributed by atoms with van der Waals surface area (Å²) in [7, 11) is 0. The normalized spacial score (nSPS) is 10.9. The van der Waals surface area contributed by atoms with E-state index in [1.54, 1.807) is 6.07 Å². The van der Waals surface area contributed by atoms with Gasteiger partial charge in [-0.05, 0) is 12.1 Å². The summed E-state index contributed by atoms with van der Waals surface area (Å²) >= 11 is 12.7. The van der Waals surface area contributed by atoms with Crippen molar-refractivity contribution in [2.24, 2.45) is 5.10 Å². The molecule has 8 nitrogen and oxygen atoms in total. The number of rotatable bonds is 6. The van der Waals surface area contributed by atoms with E-state index in [0.29, 0.717) is 15.1 Å². The van der Waals surface area contributed by atoms with Gasteiger partial charge >= 0.3 is 5.88 Å². The molecule has 0 radical (unpaired) electrons. The van der Waals surface area contributed by atoms with Crippen molar-refractivity contribution in [1.29, 1.82) is 0 Å². The van der Waals surface area contributed by atoms with Gasteiger partial charge in [0, 0.05) is 6.20 Å². The van der Waals surface area contributed by atoms with Crippen LogP contribution in [0.3, 0.4) is 0 Å². The number of nitrogens with zero attached hydrogens (tertiary/aromatic N) is 3. The van der Waals surface area contributed by atoms with Crippen LogP contribution in [-0.2, 0) is 4.79 Å². The maximum absolute atomic E-state index is 11.6. The highest BCUT2D eigenvalue weighted by molar-refractivity contribution is 7.99. The first-order valence-electron chi connectivity index (χ1n) is 5.95. The first-order valence-corrected chi connectivity index (χ1v) is 7.70. The first-order chi connectivity index (χ1) is 11.0. The molecular weight excluding hydrogens is 367 g/mol.